The Bertz CT molecular complexity index is 2700. The van der Waals surface area contributed by atoms with Gasteiger partial charge in [0, 0.05) is 73.9 Å². The van der Waals surface area contributed by atoms with Gasteiger partial charge in [-0.3, -0.25) is 24.6 Å². The van der Waals surface area contributed by atoms with E-state index in [4.69, 9.17) is 4.74 Å². The number of aliphatic hydroxyl groups excluding tert-OH is 1. The number of benzene rings is 2. The lowest BCUT2D eigenvalue weighted by atomic mass is 9.82. The van der Waals surface area contributed by atoms with E-state index in [1.807, 2.05) is 17.4 Å². The van der Waals surface area contributed by atoms with E-state index in [1.165, 1.54) is 0 Å². The van der Waals surface area contributed by atoms with Crippen LogP contribution in [0.5, 0.6) is 0 Å². The van der Waals surface area contributed by atoms with Crippen LogP contribution in [0.1, 0.15) is 75.8 Å². The van der Waals surface area contributed by atoms with E-state index in [2.05, 4.69) is 52.5 Å². The van der Waals surface area contributed by atoms with Crippen LogP contribution in [0.25, 0.3) is 11.3 Å². The fourth-order valence-electron chi connectivity index (χ4n) is 8.63. The fraction of sp³-hybridized carbons (Fsp3) is 0.500. The van der Waals surface area contributed by atoms with Crippen molar-refractivity contribution in [3.8, 4) is 23.1 Å². The van der Waals surface area contributed by atoms with Gasteiger partial charge in [0.2, 0.25) is 5.91 Å². The van der Waals surface area contributed by atoms with Crippen LogP contribution in [0.2, 0.25) is 0 Å². The van der Waals surface area contributed by atoms with Gasteiger partial charge in [-0.2, -0.15) is 18.3 Å². The minimum Gasteiger partial charge on any atom is -0.465 e. The van der Waals surface area contributed by atoms with E-state index in [-0.39, 0.29) is 18.0 Å². The molecule has 4 amide bonds. The van der Waals surface area contributed by atoms with Gasteiger partial charge in [-0.25, -0.2) is 28.4 Å². The minimum atomic E-state index is -5.06. The van der Waals surface area contributed by atoms with Gasteiger partial charge in [-0.05, 0) is 86.6 Å². The summed E-state index contributed by atoms with van der Waals surface area (Å²) in [5, 5.41) is 33.6. The summed E-state index contributed by atoms with van der Waals surface area (Å²) in [4.78, 5) is 61.5. The van der Waals surface area contributed by atoms with Gasteiger partial charge < -0.3 is 40.5 Å². The number of ether oxygens (including phenoxy) is 2. The molecule has 3 aliphatic rings. The number of hydrogen-bond acceptors (Lipinski definition) is 12. The number of nitrogens with zero attached hydrogens (tertiary/aromatic N) is 6. The zero-order valence-electron chi connectivity index (χ0n) is 42.5. The number of aromatic nitrogens is 3. The van der Waals surface area contributed by atoms with Crippen LogP contribution in [-0.2, 0) is 32.0 Å². The van der Waals surface area contributed by atoms with Crippen molar-refractivity contribution >= 4 is 29.8 Å². The van der Waals surface area contributed by atoms with Gasteiger partial charge in [-0.15, -0.1) is 0 Å². The molecule has 0 bridgehead atoms. The second kappa shape index (κ2) is 23.3. The first-order valence-electron chi connectivity index (χ1n) is 24.5. The molecule has 2 aromatic carbocycles. The molecule has 23 heteroatoms. The highest BCUT2D eigenvalue weighted by Gasteiger charge is 2.56. The van der Waals surface area contributed by atoms with Crippen LogP contribution in [0.3, 0.4) is 0 Å². The molecule has 3 fully saturated rings. The molecule has 18 nitrogen and oxygen atoms in total. The number of aliphatic hydroxyl groups is 1. The first kappa shape index (κ1) is 55.9. The van der Waals surface area contributed by atoms with E-state index in [0.717, 1.165) is 82.3 Å². The first-order valence-corrected chi connectivity index (χ1v) is 24.5. The molecule has 4 atom stereocenters. The Hall–Kier alpha value is -6.87. The standard InChI is InChI=1S/C52H63F5N10O8/c1-50(2,3)44(60-48(71)72)47(70)63-66(27-37-38(53)24-34(25-39(37)54)40-17-18-67(62-40)35-14-15-35)28-42(68)41(59-46(69)45(61-49(73)74-6)51(4,5)52(55,56)57)23-32-10-7-31(8-11-32)9-12-33-13-16-43(58-26-33)65-21-19-64(20-22-65)36-29-75-30-36/h7-8,10-11,13,16-18,24-26,35-36,41-42,44-45,60,68H,14-15,19-23,27-30H2,1-6H3,(H,59,69)(H,61,73)(H,63,70)(H,71,72)/t41-,42-,44+,45+/m0/s1. The first-order chi connectivity index (χ1) is 35.4. The van der Waals surface area contributed by atoms with Gasteiger partial charge in [0.25, 0.3) is 5.91 Å². The number of methoxy groups -OCH3 is 1. The molecule has 7 rings (SSSR count). The van der Waals surface area contributed by atoms with Crippen molar-refractivity contribution in [3.63, 3.8) is 0 Å². The predicted octanol–water partition coefficient (Wildman–Crippen LogP) is 5.40. The average molecular weight is 1050 g/mol. The van der Waals surface area contributed by atoms with Crippen LogP contribution in [-0.4, -0.2) is 148 Å². The summed E-state index contributed by atoms with van der Waals surface area (Å²) < 4.78 is 87.4. The van der Waals surface area contributed by atoms with Crippen LogP contribution in [0, 0.1) is 34.3 Å². The maximum absolute atomic E-state index is 16.1. The Morgan fingerprint density at radius 3 is 2.04 bits per heavy atom. The quantitative estimate of drug-likeness (QED) is 0.0419. The van der Waals surface area contributed by atoms with Gasteiger partial charge >= 0.3 is 18.4 Å². The molecule has 0 spiro atoms. The third-order valence-electron chi connectivity index (χ3n) is 13.6. The summed E-state index contributed by atoms with van der Waals surface area (Å²) in [7, 11) is 0.898. The summed E-state index contributed by atoms with van der Waals surface area (Å²) in [6.45, 7) is 9.55. The van der Waals surface area contributed by atoms with E-state index < -0.39 is 95.5 Å². The summed E-state index contributed by atoms with van der Waals surface area (Å²) in [6, 6.07) is 9.37. The molecule has 4 aromatic rings. The predicted molar refractivity (Wildman–Crippen MR) is 265 cm³/mol. The normalized spacial score (nSPS) is 17.2. The van der Waals surface area contributed by atoms with Crippen LogP contribution < -0.4 is 26.3 Å². The van der Waals surface area contributed by atoms with E-state index in [1.54, 1.807) is 68.2 Å². The second-order valence-electron chi connectivity index (χ2n) is 20.7. The topological polar surface area (TPSA) is 216 Å². The van der Waals surface area contributed by atoms with Crippen LogP contribution >= 0.6 is 0 Å². The van der Waals surface area contributed by atoms with Gasteiger partial charge in [0.1, 0.15) is 29.5 Å². The Morgan fingerprint density at radius 2 is 1.49 bits per heavy atom. The van der Waals surface area contributed by atoms with Crippen molar-refractivity contribution in [2.45, 2.75) is 103 Å². The van der Waals surface area contributed by atoms with E-state index in [9.17, 15) is 42.6 Å². The van der Waals surface area contributed by atoms with E-state index in [0.29, 0.717) is 42.3 Å². The number of carboxylic acid groups (broad SMARTS) is 1. The molecule has 2 aliphatic heterocycles. The largest absolute Gasteiger partial charge is 0.465 e. The minimum absolute atomic E-state index is 0.116. The SMILES string of the molecule is COC(=O)N[C@H](C(=O)N[C@@H](Cc1ccc(C#Cc2ccc(N3CCN(C4COC4)CC3)nc2)cc1)[C@@H](O)CN(Cc1c(F)cc(-c2ccn(C3CC3)n2)cc1F)NC(=O)[C@@H](NC(=O)O)C(C)(C)C)C(C)(C)C(F)(F)F. The molecular weight excluding hydrogens is 988 g/mol. The number of carbonyl (C=O) groups excluding carboxylic acids is 3. The highest BCUT2D eigenvalue weighted by atomic mass is 19.4. The van der Waals surface area contributed by atoms with Crippen molar-refractivity contribution in [2.24, 2.45) is 10.8 Å². The molecule has 0 radical (unpaired) electrons. The smallest absolute Gasteiger partial charge is 0.407 e. The van der Waals surface area contributed by atoms with Crippen LogP contribution in [0.4, 0.5) is 37.4 Å². The van der Waals surface area contributed by atoms with Crippen molar-refractivity contribution in [3.05, 3.63) is 101 Å². The number of anilines is 1. The summed E-state index contributed by atoms with van der Waals surface area (Å²) in [5.74, 6) is 2.49. The van der Waals surface area contributed by atoms with Crippen molar-refractivity contribution in [1.82, 2.24) is 46.0 Å². The van der Waals surface area contributed by atoms with E-state index >= 15 is 8.78 Å². The van der Waals surface area contributed by atoms with Crippen molar-refractivity contribution < 1.29 is 60.8 Å². The zero-order chi connectivity index (χ0) is 54.4. The maximum atomic E-state index is 16.1. The molecule has 1 aliphatic carbocycles. The maximum Gasteiger partial charge on any atom is 0.407 e. The Morgan fingerprint density at radius 1 is 0.853 bits per heavy atom. The molecule has 0 unspecified atom stereocenters. The second-order valence-corrected chi connectivity index (χ2v) is 20.7. The number of alkyl halides is 3. The van der Waals surface area contributed by atoms with Crippen molar-refractivity contribution in [1.29, 1.82) is 0 Å². The lowest BCUT2D eigenvalue weighted by molar-refractivity contribution is -0.220. The molecule has 75 heavy (non-hydrogen) atoms. The number of alkyl carbamates (subject to hydrolysis) is 1. The Balaban J connectivity index is 1.15. The number of hydrazine groups is 1. The third-order valence-corrected chi connectivity index (χ3v) is 13.6. The molecule has 1 saturated carbocycles. The highest BCUT2D eigenvalue weighted by Crippen LogP contribution is 2.41. The molecule has 6 N–H and O–H groups in total. The van der Waals surface area contributed by atoms with Crippen molar-refractivity contribution in [2.75, 3.05) is 57.9 Å². The monoisotopic (exact) mass is 1050 g/mol. The number of hydrogen-bond donors (Lipinski definition) is 6. The number of amides is 4. The number of halogens is 5. The Labute approximate surface area is 431 Å². The fourth-order valence-corrected chi connectivity index (χ4v) is 8.63. The van der Waals surface area contributed by atoms with Crippen LogP contribution in [0.15, 0.2) is 67.0 Å². The number of rotatable bonds is 18. The third kappa shape index (κ3) is 14.3. The summed E-state index contributed by atoms with van der Waals surface area (Å²) in [5.41, 5.74) is -0.0501. The van der Waals surface area contributed by atoms with Gasteiger partial charge in [0.05, 0.1) is 55.7 Å². The lowest BCUT2D eigenvalue weighted by Crippen LogP contribution is -2.63. The lowest BCUT2D eigenvalue weighted by Gasteiger charge is -2.42. The number of pyridine rings is 1. The molecule has 2 aromatic heterocycles. The van der Waals surface area contributed by atoms with Gasteiger partial charge in [-0.1, -0.05) is 44.7 Å². The molecule has 4 heterocycles. The summed E-state index contributed by atoms with van der Waals surface area (Å²) >= 11 is 0. The Kier molecular flexibility index (Phi) is 17.4. The molecule has 2 saturated heterocycles. The average Bonchev–Trinajstić information content (AvgIpc) is 4.07. The molecular formula is C52H63F5N10O8. The highest BCUT2D eigenvalue weighted by molar-refractivity contribution is 5.87. The number of nitrogens with one attached hydrogen (secondary N) is 4. The number of carbonyl (C=O) groups is 4. The molecule has 404 valence electrons. The summed E-state index contributed by atoms with van der Waals surface area (Å²) in [6.07, 6.45) is -4.91. The van der Waals surface area contributed by atoms with Gasteiger partial charge in [0.15, 0.2) is 0 Å². The number of piperazine rings is 1. The zero-order valence-corrected chi connectivity index (χ0v) is 42.5.